The number of rotatable bonds is 2. The van der Waals surface area contributed by atoms with Crippen molar-refractivity contribution in [3.63, 3.8) is 0 Å². The fourth-order valence-electron chi connectivity index (χ4n) is 1.97. The number of aryl methyl sites for hydroxylation is 1. The number of hydrogen-bond acceptors (Lipinski definition) is 7. The van der Waals surface area contributed by atoms with Gasteiger partial charge in [0.25, 0.3) is 0 Å². The molecule has 2 aromatic rings. The summed E-state index contributed by atoms with van der Waals surface area (Å²) in [4.78, 5) is 20.3. The maximum absolute atomic E-state index is 12.2. The second-order valence-electron chi connectivity index (χ2n) is 4.09. The Morgan fingerprint density at radius 2 is 2.14 bits per heavy atom. The number of fused-ring (bicyclic) bond motifs is 1. The summed E-state index contributed by atoms with van der Waals surface area (Å²) < 4.78 is 32.7. The lowest BCUT2D eigenvalue weighted by Gasteiger charge is -2.11. The monoisotopic (exact) mass is 330 g/mol. The number of Topliss-reactive ketones (excluding diaryl/α,β-unsaturated/α-hetero) is 1. The number of aromatic nitrogens is 2. The Labute approximate surface area is 125 Å². The zero-order valence-corrected chi connectivity index (χ0v) is 12.2. The number of nitrogens with one attached hydrogen (secondary N) is 1. The first-order chi connectivity index (χ1) is 9.86. The van der Waals surface area contributed by atoms with Crippen LogP contribution in [0.1, 0.15) is 27.3 Å². The van der Waals surface area contributed by atoms with Gasteiger partial charge < -0.3 is 4.98 Å². The van der Waals surface area contributed by atoms with Gasteiger partial charge in [0.2, 0.25) is 5.78 Å². The number of imidazole rings is 1. The predicted octanol–water partition coefficient (Wildman–Crippen LogP) is -1.44. The zero-order chi connectivity index (χ0) is 15.5. The third-order valence-electron chi connectivity index (χ3n) is 2.73. The first-order valence-corrected chi connectivity index (χ1v) is 7.94. The number of halogens is 1. The molecule has 0 aliphatic heterocycles. The van der Waals surface area contributed by atoms with Gasteiger partial charge in [0.05, 0.1) is 21.2 Å². The van der Waals surface area contributed by atoms with Gasteiger partial charge in [-0.05, 0) is 29.9 Å². The van der Waals surface area contributed by atoms with E-state index in [2.05, 4.69) is 9.97 Å². The van der Waals surface area contributed by atoms with Crippen LogP contribution in [0.2, 0.25) is 0 Å². The lowest BCUT2D eigenvalue weighted by molar-refractivity contribution is -1.92. The highest BCUT2D eigenvalue weighted by Gasteiger charge is 2.21. The SMILES string of the molecule is O=C(C1=CCCc2sccc21)c1c[nH]cn1.[O-][Cl+3]([O-])([O-])O. The molecule has 0 atom stereocenters. The van der Waals surface area contributed by atoms with Crippen molar-refractivity contribution in [2.45, 2.75) is 12.8 Å². The number of H-pyrrole nitrogens is 1. The number of hydrogen-bond donors (Lipinski definition) is 2. The molecule has 21 heavy (non-hydrogen) atoms. The number of carbonyl (C=O) groups excluding carboxylic acids is 1. The molecule has 7 nitrogen and oxygen atoms in total. The fourth-order valence-corrected chi connectivity index (χ4v) is 2.88. The number of nitrogens with zero attached hydrogens (tertiary/aromatic N) is 1. The van der Waals surface area contributed by atoms with Crippen molar-refractivity contribution in [3.05, 3.63) is 46.2 Å². The van der Waals surface area contributed by atoms with E-state index < -0.39 is 10.2 Å². The van der Waals surface area contributed by atoms with Crippen molar-refractivity contribution < 1.29 is 33.7 Å². The maximum Gasteiger partial charge on any atom is 0.213 e. The van der Waals surface area contributed by atoms with Crippen molar-refractivity contribution in [1.82, 2.24) is 9.97 Å². The van der Waals surface area contributed by atoms with E-state index in [9.17, 15) is 4.79 Å². The molecule has 0 fully saturated rings. The molecule has 0 saturated carbocycles. The fraction of sp³-hybridized carbons (Fsp3) is 0.167. The smallest absolute Gasteiger partial charge is 0.213 e. The molecule has 3 rings (SSSR count). The molecule has 112 valence electrons. The summed E-state index contributed by atoms with van der Waals surface area (Å²) in [7, 11) is -4.69. The quantitative estimate of drug-likeness (QED) is 0.647. The van der Waals surface area contributed by atoms with E-state index in [-0.39, 0.29) is 5.78 Å². The first-order valence-electron chi connectivity index (χ1n) is 5.80. The lowest BCUT2D eigenvalue weighted by Crippen LogP contribution is -2.58. The van der Waals surface area contributed by atoms with Crippen LogP contribution in [0.3, 0.4) is 0 Å². The minimum absolute atomic E-state index is 0.0144. The molecule has 1 aliphatic carbocycles. The standard InChI is InChI=1S/C12H10N2OS.ClHO4/c15-12(10-6-13-7-14-10)9-2-1-3-11-8(9)4-5-16-11;2-1(3,4)5/h2,4-7H,1,3H2,(H,13,14);(H,2,3,4,5). The highest BCUT2D eigenvalue weighted by atomic mass is 35.7. The maximum atomic E-state index is 12.2. The third-order valence-corrected chi connectivity index (χ3v) is 3.71. The van der Waals surface area contributed by atoms with Crippen LogP contribution in [0, 0.1) is 10.2 Å². The molecule has 0 amide bonds. The molecular weight excluding hydrogens is 320 g/mol. The van der Waals surface area contributed by atoms with E-state index >= 15 is 0 Å². The summed E-state index contributed by atoms with van der Waals surface area (Å²) in [6.07, 6.45) is 7.18. The van der Waals surface area contributed by atoms with Crippen LogP contribution in [0.25, 0.3) is 5.57 Å². The van der Waals surface area contributed by atoms with Gasteiger partial charge in [-0.3, -0.25) is 4.79 Å². The third kappa shape index (κ3) is 4.46. The molecule has 0 saturated heterocycles. The summed E-state index contributed by atoms with van der Waals surface area (Å²) in [5.41, 5.74) is 2.38. The average molecular weight is 331 g/mol. The summed E-state index contributed by atoms with van der Waals surface area (Å²) in [5, 5.41) is 2.04. The Kier molecular flexibility index (Phi) is 4.88. The molecule has 2 heterocycles. The summed E-state index contributed by atoms with van der Waals surface area (Å²) in [6, 6.07) is 2.02. The minimum atomic E-state index is -4.69. The predicted molar refractivity (Wildman–Crippen MR) is 65.8 cm³/mol. The Morgan fingerprint density at radius 3 is 2.76 bits per heavy atom. The van der Waals surface area contributed by atoms with Crippen LogP contribution in [0.4, 0.5) is 0 Å². The highest BCUT2D eigenvalue weighted by molar-refractivity contribution is 7.10. The molecule has 2 N–H and O–H groups in total. The Balaban J connectivity index is 0.000000282. The zero-order valence-electron chi connectivity index (χ0n) is 10.6. The second-order valence-corrected chi connectivity index (χ2v) is 5.89. The molecule has 2 aromatic heterocycles. The number of thiophene rings is 1. The van der Waals surface area contributed by atoms with Gasteiger partial charge in [-0.25, -0.2) is 4.98 Å². The molecule has 0 unspecified atom stereocenters. The van der Waals surface area contributed by atoms with Gasteiger partial charge >= 0.3 is 0 Å². The lowest BCUT2D eigenvalue weighted by atomic mass is 9.94. The number of aromatic amines is 1. The number of carbonyl (C=O) groups is 1. The topological polar surface area (TPSA) is 135 Å². The normalized spacial score (nSPS) is 13.8. The Morgan fingerprint density at radius 1 is 1.43 bits per heavy atom. The van der Waals surface area contributed by atoms with E-state index in [1.807, 2.05) is 17.5 Å². The number of ketones is 1. The minimum Gasteiger partial charge on any atom is -0.350 e. The molecule has 0 bridgehead atoms. The van der Waals surface area contributed by atoms with Crippen LogP contribution in [-0.4, -0.2) is 20.4 Å². The molecular formula is C12H11ClN2O5S. The van der Waals surface area contributed by atoms with Gasteiger partial charge in [-0.1, -0.05) is 6.08 Å². The molecule has 1 aliphatic rings. The molecule has 0 spiro atoms. The van der Waals surface area contributed by atoms with Crippen molar-refractivity contribution in [2.75, 3.05) is 0 Å². The number of allylic oxidation sites excluding steroid dienone is 2. The van der Waals surface area contributed by atoms with E-state index in [1.54, 1.807) is 17.5 Å². The summed E-state index contributed by atoms with van der Waals surface area (Å²) in [6.45, 7) is 0. The molecule has 9 heteroatoms. The van der Waals surface area contributed by atoms with Gasteiger partial charge in [-0.15, -0.1) is 11.3 Å². The van der Waals surface area contributed by atoms with Crippen molar-refractivity contribution in [1.29, 1.82) is 0 Å². The van der Waals surface area contributed by atoms with Crippen LogP contribution in [0.15, 0.2) is 30.0 Å². The average Bonchev–Trinajstić information content (AvgIpc) is 3.06. The van der Waals surface area contributed by atoms with Gasteiger partial charge in [-0.2, -0.15) is 14.0 Å². The van der Waals surface area contributed by atoms with Crippen molar-refractivity contribution >= 4 is 22.7 Å². The summed E-state index contributed by atoms with van der Waals surface area (Å²) in [5.74, 6) is 0.0144. The van der Waals surface area contributed by atoms with Crippen molar-refractivity contribution in [2.24, 2.45) is 0 Å². The van der Waals surface area contributed by atoms with Gasteiger partial charge in [0.1, 0.15) is 5.69 Å². The van der Waals surface area contributed by atoms with Gasteiger partial charge in [0, 0.05) is 16.6 Å². The van der Waals surface area contributed by atoms with Crippen LogP contribution >= 0.6 is 11.3 Å². The highest BCUT2D eigenvalue weighted by Crippen LogP contribution is 2.32. The summed E-state index contributed by atoms with van der Waals surface area (Å²) >= 11 is 1.72. The van der Waals surface area contributed by atoms with Crippen molar-refractivity contribution in [3.8, 4) is 0 Å². The van der Waals surface area contributed by atoms with E-state index in [0.29, 0.717) is 5.69 Å². The van der Waals surface area contributed by atoms with Crippen LogP contribution < -0.4 is 14.0 Å². The largest absolute Gasteiger partial charge is 0.350 e. The first kappa shape index (κ1) is 15.8. The van der Waals surface area contributed by atoms with Gasteiger partial charge in [0.15, 0.2) is 0 Å². The van der Waals surface area contributed by atoms with E-state index in [1.165, 1.54) is 11.2 Å². The van der Waals surface area contributed by atoms with E-state index in [4.69, 9.17) is 18.6 Å². The van der Waals surface area contributed by atoms with Crippen LogP contribution in [0.5, 0.6) is 0 Å². The Hall–Kier alpha value is -1.55. The molecule has 0 radical (unpaired) electrons. The molecule has 0 aromatic carbocycles. The van der Waals surface area contributed by atoms with E-state index in [0.717, 1.165) is 24.0 Å². The van der Waals surface area contributed by atoms with Crippen LogP contribution in [-0.2, 0) is 6.42 Å². The second kappa shape index (κ2) is 6.48. The Bertz CT molecular complexity index is 639.